The molecule has 132 valence electrons. The monoisotopic (exact) mass is 339 g/mol. The number of nitrogens with zero attached hydrogens (tertiary/aromatic N) is 2. The molecule has 5 nitrogen and oxygen atoms in total. The van der Waals surface area contributed by atoms with Crippen molar-refractivity contribution in [1.82, 2.24) is 9.88 Å². The van der Waals surface area contributed by atoms with Crippen LogP contribution >= 0.6 is 0 Å². The first-order chi connectivity index (χ1) is 12.1. The van der Waals surface area contributed by atoms with Gasteiger partial charge in [-0.1, -0.05) is 37.3 Å². The number of carbonyl (C=O) groups is 1. The molecule has 1 fully saturated rings. The van der Waals surface area contributed by atoms with Crippen molar-refractivity contribution in [1.29, 1.82) is 0 Å². The van der Waals surface area contributed by atoms with Crippen LogP contribution in [0.2, 0.25) is 0 Å². The van der Waals surface area contributed by atoms with Crippen LogP contribution in [-0.2, 0) is 13.1 Å². The molecule has 3 rings (SSSR count). The van der Waals surface area contributed by atoms with E-state index in [1.165, 1.54) is 37.6 Å². The van der Waals surface area contributed by atoms with Gasteiger partial charge in [-0.2, -0.15) is 0 Å². The topological polar surface area (TPSA) is 65.5 Å². The van der Waals surface area contributed by atoms with E-state index >= 15 is 0 Å². The van der Waals surface area contributed by atoms with Crippen LogP contribution in [0.25, 0.3) is 0 Å². The number of nitrogens with one attached hydrogen (secondary N) is 1. The summed E-state index contributed by atoms with van der Waals surface area (Å²) in [6, 6.07) is 13.6. The molecule has 25 heavy (non-hydrogen) atoms. The Hall–Kier alpha value is -2.40. The summed E-state index contributed by atoms with van der Waals surface area (Å²) in [4.78, 5) is 17.5. The number of carboxylic acids is 1. The van der Waals surface area contributed by atoms with Gasteiger partial charge in [0, 0.05) is 13.1 Å². The maximum atomic E-state index is 11.0. The molecule has 1 aliphatic rings. The number of anilines is 1. The van der Waals surface area contributed by atoms with Crippen molar-refractivity contribution < 1.29 is 9.90 Å². The average Bonchev–Trinajstić information content (AvgIpc) is 2.63. The second-order valence-corrected chi connectivity index (χ2v) is 6.84. The van der Waals surface area contributed by atoms with Crippen molar-refractivity contribution in [3.05, 3.63) is 59.3 Å². The van der Waals surface area contributed by atoms with E-state index < -0.39 is 5.97 Å². The van der Waals surface area contributed by atoms with Crippen LogP contribution in [0.3, 0.4) is 0 Å². The molecule has 2 heterocycles. The van der Waals surface area contributed by atoms with E-state index in [1.54, 1.807) is 12.1 Å². The summed E-state index contributed by atoms with van der Waals surface area (Å²) in [7, 11) is 0. The van der Waals surface area contributed by atoms with Crippen molar-refractivity contribution in [2.45, 2.75) is 32.9 Å². The average molecular weight is 339 g/mol. The number of rotatable bonds is 6. The summed E-state index contributed by atoms with van der Waals surface area (Å²) >= 11 is 0. The van der Waals surface area contributed by atoms with Crippen molar-refractivity contribution in [3.8, 4) is 0 Å². The molecule has 1 aromatic carbocycles. The van der Waals surface area contributed by atoms with E-state index in [2.05, 4.69) is 46.4 Å². The zero-order valence-electron chi connectivity index (χ0n) is 14.6. The van der Waals surface area contributed by atoms with Gasteiger partial charge in [0.25, 0.3) is 0 Å². The summed E-state index contributed by atoms with van der Waals surface area (Å²) in [6.45, 7) is 6.35. The minimum atomic E-state index is -1.01. The second-order valence-electron chi connectivity index (χ2n) is 6.84. The third-order valence-corrected chi connectivity index (χ3v) is 4.75. The molecule has 0 amide bonds. The largest absolute Gasteiger partial charge is 0.477 e. The Morgan fingerprint density at radius 3 is 2.52 bits per heavy atom. The molecule has 0 radical (unpaired) electrons. The van der Waals surface area contributed by atoms with E-state index in [0.717, 1.165) is 18.0 Å². The number of hydrogen-bond donors (Lipinski definition) is 2. The van der Waals surface area contributed by atoms with Gasteiger partial charge in [-0.3, -0.25) is 4.90 Å². The van der Waals surface area contributed by atoms with Crippen LogP contribution in [0, 0.1) is 5.92 Å². The summed E-state index contributed by atoms with van der Waals surface area (Å²) < 4.78 is 0. The van der Waals surface area contributed by atoms with Gasteiger partial charge in [0.2, 0.25) is 0 Å². The van der Waals surface area contributed by atoms with Gasteiger partial charge in [-0.25, -0.2) is 9.78 Å². The summed E-state index contributed by atoms with van der Waals surface area (Å²) in [5.74, 6) is 0.421. The third-order valence-electron chi connectivity index (χ3n) is 4.75. The molecule has 0 spiro atoms. The van der Waals surface area contributed by atoms with E-state index in [0.29, 0.717) is 12.4 Å². The lowest BCUT2D eigenvalue weighted by Crippen LogP contribution is -2.32. The number of hydrogen-bond acceptors (Lipinski definition) is 4. The van der Waals surface area contributed by atoms with Crippen molar-refractivity contribution in [2.24, 2.45) is 5.92 Å². The fraction of sp³-hybridized carbons (Fsp3) is 0.400. The van der Waals surface area contributed by atoms with Crippen molar-refractivity contribution >= 4 is 11.8 Å². The normalized spacial score (nSPS) is 15.9. The zero-order chi connectivity index (χ0) is 17.6. The predicted molar refractivity (Wildman–Crippen MR) is 98.6 cm³/mol. The standard InChI is InChI=1S/C20H25N3O2/c1-15-9-11-23(12-10-15)14-17-7-5-16(6-8-17)13-21-19-4-2-3-18(22-19)20(24)25/h2-8,15H,9-14H2,1H3,(H,21,22)(H,24,25). The minimum Gasteiger partial charge on any atom is -0.477 e. The van der Waals surface area contributed by atoms with Crippen molar-refractivity contribution in [2.75, 3.05) is 18.4 Å². The fourth-order valence-corrected chi connectivity index (χ4v) is 3.09. The number of piperidine rings is 1. The SMILES string of the molecule is CC1CCN(Cc2ccc(CNc3cccc(C(=O)O)n3)cc2)CC1. The Morgan fingerprint density at radius 2 is 1.84 bits per heavy atom. The number of likely N-dealkylation sites (tertiary alicyclic amines) is 1. The van der Waals surface area contributed by atoms with Crippen LogP contribution in [0.15, 0.2) is 42.5 Å². The highest BCUT2D eigenvalue weighted by molar-refractivity contribution is 5.85. The number of aromatic nitrogens is 1. The molecule has 2 N–H and O–H groups in total. The number of aromatic carboxylic acids is 1. The lowest BCUT2D eigenvalue weighted by atomic mass is 9.99. The van der Waals surface area contributed by atoms with Crippen LogP contribution in [-0.4, -0.2) is 34.0 Å². The molecule has 0 saturated carbocycles. The smallest absolute Gasteiger partial charge is 0.354 e. The lowest BCUT2D eigenvalue weighted by molar-refractivity contribution is 0.0690. The van der Waals surface area contributed by atoms with Gasteiger partial charge in [0.05, 0.1) is 0 Å². The fourth-order valence-electron chi connectivity index (χ4n) is 3.09. The maximum Gasteiger partial charge on any atom is 0.354 e. The number of carboxylic acid groups (broad SMARTS) is 1. The Morgan fingerprint density at radius 1 is 1.16 bits per heavy atom. The molecule has 1 aliphatic heterocycles. The molecular weight excluding hydrogens is 314 g/mol. The van der Waals surface area contributed by atoms with Crippen molar-refractivity contribution in [3.63, 3.8) is 0 Å². The van der Waals surface area contributed by atoms with E-state index in [4.69, 9.17) is 5.11 Å². The number of pyridine rings is 1. The molecule has 1 aromatic heterocycles. The van der Waals surface area contributed by atoms with E-state index in [9.17, 15) is 4.79 Å². The Kier molecular flexibility index (Phi) is 5.66. The number of benzene rings is 1. The molecule has 0 unspecified atom stereocenters. The Bertz CT molecular complexity index is 707. The Labute approximate surface area is 148 Å². The predicted octanol–water partition coefficient (Wildman–Crippen LogP) is 3.62. The van der Waals surface area contributed by atoms with Crippen LogP contribution in [0.5, 0.6) is 0 Å². The third kappa shape index (κ3) is 5.03. The maximum absolute atomic E-state index is 11.0. The summed E-state index contributed by atoms with van der Waals surface area (Å²) in [5.41, 5.74) is 2.54. The minimum absolute atomic E-state index is 0.0520. The molecule has 2 aromatic rings. The van der Waals surface area contributed by atoms with Crippen LogP contribution in [0.4, 0.5) is 5.82 Å². The summed E-state index contributed by atoms with van der Waals surface area (Å²) in [6.07, 6.45) is 2.59. The van der Waals surface area contributed by atoms with E-state index in [-0.39, 0.29) is 5.69 Å². The van der Waals surface area contributed by atoms with Gasteiger partial charge >= 0.3 is 5.97 Å². The van der Waals surface area contributed by atoms with E-state index in [1.807, 2.05) is 0 Å². The van der Waals surface area contributed by atoms with Crippen LogP contribution < -0.4 is 5.32 Å². The first-order valence-corrected chi connectivity index (χ1v) is 8.84. The van der Waals surface area contributed by atoms with Gasteiger partial charge in [0.1, 0.15) is 5.82 Å². The quantitative estimate of drug-likeness (QED) is 0.841. The highest BCUT2D eigenvalue weighted by Gasteiger charge is 2.15. The lowest BCUT2D eigenvalue weighted by Gasteiger charge is -2.30. The first-order valence-electron chi connectivity index (χ1n) is 8.84. The van der Waals surface area contributed by atoms with Gasteiger partial charge in [0.15, 0.2) is 5.69 Å². The first kappa shape index (κ1) is 17.4. The highest BCUT2D eigenvalue weighted by atomic mass is 16.4. The summed E-state index contributed by atoms with van der Waals surface area (Å²) in [5, 5.41) is 12.2. The van der Waals surface area contributed by atoms with Gasteiger partial charge < -0.3 is 10.4 Å². The molecule has 0 atom stereocenters. The second kappa shape index (κ2) is 8.12. The molecule has 0 bridgehead atoms. The molecule has 0 aliphatic carbocycles. The highest BCUT2D eigenvalue weighted by Crippen LogP contribution is 2.18. The zero-order valence-corrected chi connectivity index (χ0v) is 14.6. The Balaban J connectivity index is 1.52. The molecular formula is C20H25N3O2. The van der Waals surface area contributed by atoms with Crippen LogP contribution in [0.1, 0.15) is 41.4 Å². The molecule has 1 saturated heterocycles. The molecule has 5 heteroatoms. The van der Waals surface area contributed by atoms with Gasteiger partial charge in [-0.05, 0) is 55.1 Å². The van der Waals surface area contributed by atoms with Gasteiger partial charge in [-0.15, -0.1) is 0 Å².